The van der Waals surface area contributed by atoms with E-state index in [2.05, 4.69) is 26.6 Å². The second-order valence-electron chi connectivity index (χ2n) is 5.88. The van der Waals surface area contributed by atoms with Crippen LogP contribution in [0.2, 0.25) is 0 Å². The molecule has 0 saturated heterocycles. The van der Waals surface area contributed by atoms with Crippen LogP contribution in [0.4, 0.5) is 20.6 Å². The van der Waals surface area contributed by atoms with E-state index in [1.165, 1.54) is 12.1 Å². The number of rotatable bonds is 4. The number of furan rings is 1. The van der Waals surface area contributed by atoms with Crippen LogP contribution in [-0.2, 0) is 11.3 Å². The van der Waals surface area contributed by atoms with Crippen molar-refractivity contribution in [1.29, 1.82) is 0 Å². The summed E-state index contributed by atoms with van der Waals surface area (Å²) in [4.78, 5) is 11.7. The van der Waals surface area contributed by atoms with E-state index in [-0.39, 0.29) is 5.69 Å². The summed E-state index contributed by atoms with van der Waals surface area (Å²) < 4.78 is 24.9. The van der Waals surface area contributed by atoms with E-state index >= 15 is 0 Å². The Morgan fingerprint density at radius 1 is 1.30 bits per heavy atom. The maximum Gasteiger partial charge on any atom is 0.412 e. The van der Waals surface area contributed by atoms with Crippen LogP contribution in [0, 0.1) is 5.82 Å². The molecule has 0 aliphatic rings. The van der Waals surface area contributed by atoms with Crippen LogP contribution in [0.3, 0.4) is 0 Å². The molecule has 0 aliphatic heterocycles. The Bertz CT molecular complexity index is 695. The molecule has 0 saturated carbocycles. The molecule has 5 nitrogen and oxygen atoms in total. The standard InChI is InChI=1S/C16H18BrFN2O3/c1-16(2,3)23-15(21)20-13-8-10(4-6-12(13)18)19-9-11-5-7-14(17)22-11/h4-8,19H,9H2,1-3H3,(H,20,21). The highest BCUT2D eigenvalue weighted by molar-refractivity contribution is 9.10. The number of benzene rings is 1. The SMILES string of the molecule is CC(C)(C)OC(=O)Nc1cc(NCc2ccc(Br)o2)ccc1F. The molecule has 0 bridgehead atoms. The first kappa shape index (κ1) is 17.3. The van der Waals surface area contributed by atoms with Gasteiger partial charge in [0.25, 0.3) is 0 Å². The normalized spacial score (nSPS) is 11.2. The highest BCUT2D eigenvalue weighted by atomic mass is 79.9. The van der Waals surface area contributed by atoms with E-state index in [4.69, 9.17) is 9.15 Å². The van der Waals surface area contributed by atoms with Crippen LogP contribution in [0.15, 0.2) is 39.4 Å². The average molecular weight is 385 g/mol. The van der Waals surface area contributed by atoms with E-state index < -0.39 is 17.5 Å². The van der Waals surface area contributed by atoms with Gasteiger partial charge in [-0.3, -0.25) is 5.32 Å². The maximum absolute atomic E-state index is 13.8. The number of ether oxygens (including phenoxy) is 1. The zero-order chi connectivity index (χ0) is 17.0. The minimum Gasteiger partial charge on any atom is -0.452 e. The van der Waals surface area contributed by atoms with Gasteiger partial charge in [0.2, 0.25) is 0 Å². The topological polar surface area (TPSA) is 63.5 Å². The van der Waals surface area contributed by atoms with Crippen molar-refractivity contribution in [3.8, 4) is 0 Å². The van der Waals surface area contributed by atoms with Crippen molar-refractivity contribution in [1.82, 2.24) is 0 Å². The molecule has 0 atom stereocenters. The largest absolute Gasteiger partial charge is 0.452 e. The predicted molar refractivity (Wildman–Crippen MR) is 90.0 cm³/mol. The van der Waals surface area contributed by atoms with Crippen LogP contribution in [0.1, 0.15) is 26.5 Å². The Morgan fingerprint density at radius 2 is 2.04 bits per heavy atom. The Hall–Kier alpha value is -2.02. The minimum absolute atomic E-state index is 0.0462. The monoisotopic (exact) mass is 384 g/mol. The van der Waals surface area contributed by atoms with Crippen molar-refractivity contribution >= 4 is 33.4 Å². The Morgan fingerprint density at radius 3 is 2.65 bits per heavy atom. The molecule has 1 aromatic carbocycles. The number of anilines is 2. The fourth-order valence-electron chi connectivity index (χ4n) is 1.78. The number of nitrogens with one attached hydrogen (secondary N) is 2. The molecule has 1 amide bonds. The fourth-order valence-corrected chi connectivity index (χ4v) is 2.12. The molecule has 2 aromatic rings. The molecule has 7 heteroatoms. The lowest BCUT2D eigenvalue weighted by Crippen LogP contribution is -2.27. The Balaban J connectivity index is 2.02. The quantitative estimate of drug-likeness (QED) is 0.765. The lowest BCUT2D eigenvalue weighted by molar-refractivity contribution is 0.0635. The van der Waals surface area contributed by atoms with Crippen LogP contribution in [0.25, 0.3) is 0 Å². The highest BCUT2D eigenvalue weighted by Crippen LogP contribution is 2.22. The first-order chi connectivity index (χ1) is 10.7. The van der Waals surface area contributed by atoms with Gasteiger partial charge in [-0.1, -0.05) is 0 Å². The summed E-state index contributed by atoms with van der Waals surface area (Å²) in [6.45, 7) is 5.65. The molecular formula is C16H18BrFN2O3. The van der Waals surface area contributed by atoms with Crippen molar-refractivity contribution in [2.45, 2.75) is 32.9 Å². The van der Waals surface area contributed by atoms with Gasteiger partial charge >= 0.3 is 6.09 Å². The molecule has 0 unspecified atom stereocenters. The molecule has 1 aromatic heterocycles. The van der Waals surface area contributed by atoms with Crippen molar-refractivity contribution in [3.05, 3.63) is 46.6 Å². The summed E-state index contributed by atoms with van der Waals surface area (Å²) in [5.41, 5.74) is 0.0400. The Kier molecular flexibility index (Phi) is 5.30. The number of carbonyl (C=O) groups excluding carboxylic acids is 1. The molecule has 1 heterocycles. The average Bonchev–Trinajstić information content (AvgIpc) is 2.83. The number of halogens is 2. The zero-order valence-corrected chi connectivity index (χ0v) is 14.7. The summed E-state index contributed by atoms with van der Waals surface area (Å²) in [5.74, 6) is 0.185. The molecule has 2 N–H and O–H groups in total. The van der Waals surface area contributed by atoms with Gasteiger partial charge in [-0.05, 0) is 67.0 Å². The van der Waals surface area contributed by atoms with Crippen LogP contribution < -0.4 is 10.6 Å². The van der Waals surface area contributed by atoms with Gasteiger partial charge in [0.15, 0.2) is 4.67 Å². The molecule has 0 radical (unpaired) electrons. The zero-order valence-electron chi connectivity index (χ0n) is 13.1. The summed E-state index contributed by atoms with van der Waals surface area (Å²) in [6, 6.07) is 7.95. The van der Waals surface area contributed by atoms with Gasteiger partial charge in [-0.2, -0.15) is 0 Å². The molecular weight excluding hydrogens is 367 g/mol. The number of hydrogen-bond acceptors (Lipinski definition) is 4. The first-order valence-corrected chi connectivity index (χ1v) is 7.80. The van der Waals surface area contributed by atoms with Gasteiger partial charge < -0.3 is 14.5 Å². The van der Waals surface area contributed by atoms with Crippen molar-refractivity contribution < 1.29 is 18.3 Å². The van der Waals surface area contributed by atoms with Gasteiger partial charge in [-0.15, -0.1) is 0 Å². The van der Waals surface area contributed by atoms with E-state index in [0.717, 1.165) is 5.76 Å². The van der Waals surface area contributed by atoms with Crippen LogP contribution in [-0.4, -0.2) is 11.7 Å². The van der Waals surface area contributed by atoms with Crippen molar-refractivity contribution in [2.24, 2.45) is 0 Å². The number of hydrogen-bond donors (Lipinski definition) is 2. The first-order valence-electron chi connectivity index (χ1n) is 7.00. The molecule has 0 aliphatic carbocycles. The molecule has 2 rings (SSSR count). The third-order valence-electron chi connectivity index (χ3n) is 2.70. The van der Waals surface area contributed by atoms with E-state index in [0.29, 0.717) is 16.9 Å². The molecule has 23 heavy (non-hydrogen) atoms. The molecule has 124 valence electrons. The summed E-state index contributed by atoms with van der Waals surface area (Å²) in [5, 5.41) is 5.49. The third kappa shape index (κ3) is 5.59. The van der Waals surface area contributed by atoms with Crippen molar-refractivity contribution in [3.63, 3.8) is 0 Å². The lowest BCUT2D eigenvalue weighted by Gasteiger charge is -2.20. The second-order valence-corrected chi connectivity index (χ2v) is 6.66. The molecule has 0 fully saturated rings. The summed E-state index contributed by atoms with van der Waals surface area (Å²) in [6.07, 6.45) is -0.705. The van der Waals surface area contributed by atoms with E-state index in [9.17, 15) is 9.18 Å². The second kappa shape index (κ2) is 7.04. The lowest BCUT2D eigenvalue weighted by atomic mass is 10.2. The molecule has 0 spiro atoms. The van der Waals surface area contributed by atoms with Crippen LogP contribution in [0.5, 0.6) is 0 Å². The maximum atomic E-state index is 13.8. The summed E-state index contributed by atoms with van der Waals surface area (Å²) >= 11 is 3.23. The van der Waals surface area contributed by atoms with Gasteiger partial charge in [0.1, 0.15) is 17.2 Å². The fraction of sp³-hybridized carbons (Fsp3) is 0.312. The highest BCUT2D eigenvalue weighted by Gasteiger charge is 2.17. The van der Waals surface area contributed by atoms with Crippen molar-refractivity contribution in [2.75, 3.05) is 10.6 Å². The number of amides is 1. The Labute approximate surface area is 142 Å². The van der Waals surface area contributed by atoms with Gasteiger partial charge in [0, 0.05) is 5.69 Å². The van der Waals surface area contributed by atoms with E-state index in [1.807, 2.05) is 6.07 Å². The van der Waals surface area contributed by atoms with Gasteiger partial charge in [-0.25, -0.2) is 9.18 Å². The summed E-state index contributed by atoms with van der Waals surface area (Å²) in [7, 11) is 0. The van der Waals surface area contributed by atoms with E-state index in [1.54, 1.807) is 32.9 Å². The van der Waals surface area contributed by atoms with Gasteiger partial charge in [0.05, 0.1) is 12.2 Å². The van der Waals surface area contributed by atoms with Crippen LogP contribution >= 0.6 is 15.9 Å². The third-order valence-corrected chi connectivity index (χ3v) is 3.12. The smallest absolute Gasteiger partial charge is 0.412 e. The predicted octanol–water partition coefficient (Wildman–Crippen LogP) is 5.14. The minimum atomic E-state index is -0.705. The number of carbonyl (C=O) groups is 1.